The summed E-state index contributed by atoms with van der Waals surface area (Å²) in [6.45, 7) is 5.47. The molecule has 0 saturated heterocycles. The van der Waals surface area contributed by atoms with E-state index in [1.807, 2.05) is 11.6 Å². The number of nitrogens with one attached hydrogen (secondary N) is 1. The third-order valence-corrected chi connectivity index (χ3v) is 4.21. The van der Waals surface area contributed by atoms with E-state index >= 15 is 0 Å². The molecule has 1 heterocycles. The fourth-order valence-corrected chi connectivity index (χ4v) is 2.82. The van der Waals surface area contributed by atoms with Crippen molar-refractivity contribution in [1.82, 2.24) is 15.1 Å². The van der Waals surface area contributed by atoms with Gasteiger partial charge in [0.1, 0.15) is 0 Å². The molecule has 1 aliphatic rings. The van der Waals surface area contributed by atoms with Crippen molar-refractivity contribution in [1.29, 1.82) is 0 Å². The smallest absolute Gasteiger partial charge is 0.0860 e. The van der Waals surface area contributed by atoms with E-state index in [1.54, 1.807) is 0 Å². The molecule has 1 aliphatic carbocycles. The predicted molar refractivity (Wildman–Crippen MR) is 72.8 cm³/mol. The first kappa shape index (κ1) is 13.8. The summed E-state index contributed by atoms with van der Waals surface area (Å²) in [4.78, 5) is 0. The highest BCUT2D eigenvalue weighted by Crippen LogP contribution is 2.22. The van der Waals surface area contributed by atoms with Crippen LogP contribution in [0, 0.1) is 6.92 Å². The average molecular weight is 272 g/mol. The first-order valence-corrected chi connectivity index (χ1v) is 7.14. The van der Waals surface area contributed by atoms with E-state index in [9.17, 15) is 5.11 Å². The summed E-state index contributed by atoms with van der Waals surface area (Å²) in [5.41, 5.74) is 1.90. The number of aryl methyl sites for hydroxylation is 2. The lowest BCUT2D eigenvalue weighted by atomic mass is 9.92. The number of aliphatic hydroxyl groups is 1. The first-order valence-electron chi connectivity index (χ1n) is 6.76. The molecule has 18 heavy (non-hydrogen) atoms. The van der Waals surface area contributed by atoms with Gasteiger partial charge in [0, 0.05) is 19.1 Å². The van der Waals surface area contributed by atoms with Crippen LogP contribution in [0.25, 0.3) is 0 Å². The van der Waals surface area contributed by atoms with Crippen molar-refractivity contribution in [2.45, 2.75) is 64.8 Å². The Morgan fingerprint density at radius 2 is 2.17 bits per heavy atom. The monoisotopic (exact) mass is 271 g/mol. The molecular formula is C13H22ClN3O. The van der Waals surface area contributed by atoms with Gasteiger partial charge < -0.3 is 10.4 Å². The number of hydrogen-bond donors (Lipinski definition) is 2. The second-order valence-corrected chi connectivity index (χ2v) is 5.38. The van der Waals surface area contributed by atoms with Crippen LogP contribution in [0.15, 0.2) is 0 Å². The lowest BCUT2D eigenvalue weighted by Gasteiger charge is -2.28. The second-order valence-electron chi connectivity index (χ2n) is 5.00. The van der Waals surface area contributed by atoms with Crippen molar-refractivity contribution >= 4 is 11.6 Å². The number of aliphatic hydroxyl groups excluding tert-OH is 1. The van der Waals surface area contributed by atoms with Gasteiger partial charge in [0.15, 0.2) is 0 Å². The van der Waals surface area contributed by atoms with E-state index in [0.717, 1.165) is 42.2 Å². The molecule has 0 amide bonds. The fraction of sp³-hybridized carbons (Fsp3) is 0.769. The highest BCUT2D eigenvalue weighted by molar-refractivity contribution is 6.31. The summed E-state index contributed by atoms with van der Waals surface area (Å²) < 4.78 is 1.93. The molecule has 102 valence electrons. The van der Waals surface area contributed by atoms with Crippen molar-refractivity contribution in [2.75, 3.05) is 0 Å². The van der Waals surface area contributed by atoms with Gasteiger partial charge in [-0.15, -0.1) is 0 Å². The quantitative estimate of drug-likeness (QED) is 0.883. The number of aromatic nitrogens is 2. The maximum atomic E-state index is 9.93. The number of rotatable bonds is 4. The summed E-state index contributed by atoms with van der Waals surface area (Å²) in [6.07, 6.45) is 4.03. The number of halogens is 1. The van der Waals surface area contributed by atoms with Gasteiger partial charge in [0.05, 0.1) is 22.5 Å². The molecule has 4 nitrogen and oxygen atoms in total. The zero-order valence-electron chi connectivity index (χ0n) is 11.1. The first-order chi connectivity index (χ1) is 8.63. The Hall–Kier alpha value is -0.580. The summed E-state index contributed by atoms with van der Waals surface area (Å²) in [5, 5.41) is 18.5. The predicted octanol–water partition coefficient (Wildman–Crippen LogP) is 2.26. The minimum absolute atomic E-state index is 0.190. The van der Waals surface area contributed by atoms with Crippen LogP contribution in [0.5, 0.6) is 0 Å². The zero-order chi connectivity index (χ0) is 13.1. The zero-order valence-corrected chi connectivity index (χ0v) is 11.9. The van der Waals surface area contributed by atoms with E-state index in [2.05, 4.69) is 17.3 Å². The Labute approximate surface area is 113 Å². The van der Waals surface area contributed by atoms with E-state index in [0.29, 0.717) is 6.54 Å². The third-order valence-electron chi connectivity index (χ3n) is 3.71. The minimum Gasteiger partial charge on any atom is -0.392 e. The summed E-state index contributed by atoms with van der Waals surface area (Å²) >= 11 is 6.26. The van der Waals surface area contributed by atoms with Crippen LogP contribution in [-0.4, -0.2) is 27.0 Å². The maximum absolute atomic E-state index is 9.93. The van der Waals surface area contributed by atoms with Gasteiger partial charge in [-0.2, -0.15) is 5.10 Å². The molecule has 0 spiro atoms. The van der Waals surface area contributed by atoms with Gasteiger partial charge in [0.2, 0.25) is 0 Å². The Morgan fingerprint density at radius 1 is 1.44 bits per heavy atom. The topological polar surface area (TPSA) is 50.1 Å². The Kier molecular flexibility index (Phi) is 4.65. The summed E-state index contributed by atoms with van der Waals surface area (Å²) in [6, 6.07) is 0.190. The molecule has 1 aromatic heterocycles. The standard InChI is InChI=1S/C13H22ClN3O/c1-3-17-11(13(14)9(2)16-17)8-15-10-6-4-5-7-12(10)18/h10,12,15,18H,3-8H2,1-2H3. The Balaban J connectivity index is 2.01. The van der Waals surface area contributed by atoms with Gasteiger partial charge in [-0.1, -0.05) is 24.4 Å². The number of nitrogens with zero attached hydrogens (tertiary/aromatic N) is 2. The van der Waals surface area contributed by atoms with Crippen LogP contribution >= 0.6 is 11.6 Å². The summed E-state index contributed by atoms with van der Waals surface area (Å²) in [5.74, 6) is 0. The van der Waals surface area contributed by atoms with Gasteiger partial charge in [-0.25, -0.2) is 0 Å². The molecule has 0 aliphatic heterocycles. The van der Waals surface area contributed by atoms with Gasteiger partial charge in [-0.05, 0) is 26.7 Å². The minimum atomic E-state index is -0.225. The van der Waals surface area contributed by atoms with Gasteiger partial charge in [0.25, 0.3) is 0 Å². The third kappa shape index (κ3) is 2.87. The van der Waals surface area contributed by atoms with E-state index in [-0.39, 0.29) is 12.1 Å². The average Bonchev–Trinajstić information content (AvgIpc) is 2.65. The molecule has 2 atom stereocenters. The normalized spacial score (nSPS) is 24.4. The Morgan fingerprint density at radius 3 is 2.83 bits per heavy atom. The maximum Gasteiger partial charge on any atom is 0.0860 e. The van der Waals surface area contributed by atoms with Crippen molar-refractivity contribution in [3.63, 3.8) is 0 Å². The molecule has 0 aromatic carbocycles. The van der Waals surface area contributed by atoms with Crippen LogP contribution in [-0.2, 0) is 13.1 Å². The molecular weight excluding hydrogens is 250 g/mol. The summed E-state index contributed by atoms with van der Waals surface area (Å²) in [7, 11) is 0. The molecule has 0 radical (unpaired) electrons. The molecule has 1 saturated carbocycles. The highest BCUT2D eigenvalue weighted by atomic mass is 35.5. The van der Waals surface area contributed by atoms with Crippen LogP contribution in [0.4, 0.5) is 0 Å². The van der Waals surface area contributed by atoms with Crippen LogP contribution < -0.4 is 5.32 Å². The molecule has 0 bridgehead atoms. The van der Waals surface area contributed by atoms with Gasteiger partial charge >= 0.3 is 0 Å². The van der Waals surface area contributed by atoms with E-state index in [1.165, 1.54) is 6.42 Å². The lowest BCUT2D eigenvalue weighted by molar-refractivity contribution is 0.0899. The van der Waals surface area contributed by atoms with Crippen LogP contribution in [0.3, 0.4) is 0 Å². The molecule has 5 heteroatoms. The van der Waals surface area contributed by atoms with Crippen LogP contribution in [0.2, 0.25) is 5.02 Å². The SMILES string of the molecule is CCn1nc(C)c(Cl)c1CNC1CCCCC1O. The molecule has 2 rings (SSSR count). The lowest BCUT2D eigenvalue weighted by Crippen LogP contribution is -2.41. The van der Waals surface area contributed by atoms with Crippen LogP contribution in [0.1, 0.15) is 44.0 Å². The van der Waals surface area contributed by atoms with Crippen molar-refractivity contribution < 1.29 is 5.11 Å². The highest BCUT2D eigenvalue weighted by Gasteiger charge is 2.23. The van der Waals surface area contributed by atoms with E-state index in [4.69, 9.17) is 11.6 Å². The Bertz CT molecular complexity index is 405. The largest absolute Gasteiger partial charge is 0.392 e. The van der Waals surface area contributed by atoms with Gasteiger partial charge in [-0.3, -0.25) is 4.68 Å². The molecule has 2 unspecified atom stereocenters. The molecule has 1 aromatic rings. The van der Waals surface area contributed by atoms with E-state index < -0.39 is 0 Å². The fourth-order valence-electron chi connectivity index (χ4n) is 2.62. The second kappa shape index (κ2) is 6.04. The molecule has 2 N–H and O–H groups in total. The number of hydrogen-bond acceptors (Lipinski definition) is 3. The van der Waals surface area contributed by atoms with Crippen molar-refractivity contribution in [3.05, 3.63) is 16.4 Å². The van der Waals surface area contributed by atoms with Crippen molar-refractivity contribution in [3.8, 4) is 0 Å². The molecule has 1 fully saturated rings. The van der Waals surface area contributed by atoms with Crippen molar-refractivity contribution in [2.24, 2.45) is 0 Å².